The molecule has 0 aromatic rings. The van der Waals surface area contributed by atoms with Crippen molar-refractivity contribution in [3.8, 4) is 0 Å². The van der Waals surface area contributed by atoms with E-state index in [0.29, 0.717) is 12.3 Å². The summed E-state index contributed by atoms with van der Waals surface area (Å²) in [6.07, 6.45) is 3.64. The summed E-state index contributed by atoms with van der Waals surface area (Å²) in [6.45, 7) is 4.32. The van der Waals surface area contributed by atoms with Gasteiger partial charge in [0.2, 0.25) is 0 Å². The Kier molecular flexibility index (Phi) is 5.40. The molecule has 4 atom stereocenters. The minimum atomic E-state index is -0.139. The van der Waals surface area contributed by atoms with Crippen LogP contribution < -0.4 is 11.5 Å². The van der Waals surface area contributed by atoms with E-state index in [-0.39, 0.29) is 29.9 Å². The molecule has 0 amide bonds. The molecule has 0 aromatic carbocycles. The van der Waals surface area contributed by atoms with Gasteiger partial charge in [-0.15, -0.1) is 0 Å². The summed E-state index contributed by atoms with van der Waals surface area (Å²) in [5, 5.41) is 0. The van der Waals surface area contributed by atoms with Gasteiger partial charge < -0.3 is 16.2 Å². The lowest BCUT2D eigenvalue weighted by Gasteiger charge is -2.29. The lowest BCUT2D eigenvalue weighted by molar-refractivity contribution is -0.145. The normalized spacial score (nSPS) is 30.6. The summed E-state index contributed by atoms with van der Waals surface area (Å²) in [5.74, 6) is 0.562. The Labute approximate surface area is 104 Å². The quantitative estimate of drug-likeness (QED) is 0.712. The minimum Gasteiger partial charge on any atom is -0.469 e. The highest BCUT2D eigenvalue weighted by atomic mass is 16.5. The Balaban J connectivity index is 2.63. The lowest BCUT2D eigenvalue weighted by atomic mass is 9.83. The molecule has 4 N–H and O–H groups in total. The Morgan fingerprint density at radius 2 is 1.94 bits per heavy atom. The van der Waals surface area contributed by atoms with Gasteiger partial charge in [-0.2, -0.15) is 0 Å². The van der Waals surface area contributed by atoms with Gasteiger partial charge in [-0.25, -0.2) is 0 Å². The molecule has 1 saturated carbocycles. The molecule has 4 nitrogen and oxygen atoms in total. The van der Waals surface area contributed by atoms with Crippen molar-refractivity contribution < 1.29 is 9.53 Å². The summed E-state index contributed by atoms with van der Waals surface area (Å²) in [4.78, 5) is 11.5. The minimum absolute atomic E-state index is 0.0368. The predicted molar refractivity (Wildman–Crippen MR) is 68.3 cm³/mol. The molecule has 0 heterocycles. The first-order valence-electron chi connectivity index (χ1n) is 6.64. The highest BCUT2D eigenvalue weighted by Crippen LogP contribution is 2.35. The fraction of sp³-hybridized carbons (Fsp3) is 0.923. The first-order valence-corrected chi connectivity index (χ1v) is 6.64. The molecule has 0 spiro atoms. The van der Waals surface area contributed by atoms with Gasteiger partial charge in [0, 0.05) is 12.1 Å². The molecule has 100 valence electrons. The van der Waals surface area contributed by atoms with E-state index < -0.39 is 0 Å². The number of nitrogens with two attached hydrogens (primary N) is 2. The Bertz CT molecular complexity index is 254. The highest BCUT2D eigenvalue weighted by Gasteiger charge is 2.40. The number of esters is 1. The number of methoxy groups -OCH3 is 1. The van der Waals surface area contributed by atoms with Gasteiger partial charge in [-0.1, -0.05) is 26.7 Å². The van der Waals surface area contributed by atoms with Crippen molar-refractivity contribution in [2.45, 2.75) is 51.6 Å². The second-order valence-corrected chi connectivity index (χ2v) is 5.17. The Morgan fingerprint density at radius 3 is 2.41 bits per heavy atom. The van der Waals surface area contributed by atoms with E-state index >= 15 is 0 Å². The highest BCUT2D eigenvalue weighted by molar-refractivity contribution is 5.72. The van der Waals surface area contributed by atoms with Crippen molar-refractivity contribution in [2.24, 2.45) is 29.2 Å². The lowest BCUT2D eigenvalue weighted by Crippen LogP contribution is -2.43. The third-order valence-electron chi connectivity index (χ3n) is 4.29. The van der Waals surface area contributed by atoms with Gasteiger partial charge >= 0.3 is 5.97 Å². The maximum atomic E-state index is 11.5. The van der Waals surface area contributed by atoms with Crippen LogP contribution in [0.1, 0.15) is 39.5 Å². The van der Waals surface area contributed by atoms with Gasteiger partial charge in [0.15, 0.2) is 0 Å². The summed E-state index contributed by atoms with van der Waals surface area (Å²) < 4.78 is 4.79. The zero-order chi connectivity index (χ0) is 13.0. The zero-order valence-electron chi connectivity index (χ0n) is 11.2. The van der Waals surface area contributed by atoms with Crippen LogP contribution in [0.4, 0.5) is 0 Å². The van der Waals surface area contributed by atoms with E-state index in [9.17, 15) is 4.79 Å². The van der Waals surface area contributed by atoms with Crippen LogP contribution >= 0.6 is 0 Å². The molecule has 4 heteroatoms. The summed E-state index contributed by atoms with van der Waals surface area (Å²) in [7, 11) is 1.43. The topological polar surface area (TPSA) is 78.3 Å². The van der Waals surface area contributed by atoms with Crippen LogP contribution in [-0.2, 0) is 9.53 Å². The van der Waals surface area contributed by atoms with Gasteiger partial charge in [0.05, 0.1) is 13.0 Å². The van der Waals surface area contributed by atoms with Crippen LogP contribution in [0.5, 0.6) is 0 Å². The van der Waals surface area contributed by atoms with Crippen LogP contribution in [0.2, 0.25) is 0 Å². The number of ether oxygens (including phenoxy) is 1. The maximum Gasteiger partial charge on any atom is 0.308 e. The molecule has 0 aliphatic heterocycles. The Morgan fingerprint density at radius 1 is 1.35 bits per heavy atom. The molecule has 0 aromatic heterocycles. The molecule has 1 aliphatic rings. The predicted octanol–water partition coefficient (Wildman–Crippen LogP) is 1.28. The fourth-order valence-electron chi connectivity index (χ4n) is 3.09. The first-order chi connectivity index (χ1) is 8.04. The molecule has 0 saturated heterocycles. The number of carbonyl (C=O) groups is 1. The van der Waals surface area contributed by atoms with E-state index in [1.54, 1.807) is 0 Å². The average Bonchev–Trinajstić information content (AvgIpc) is 2.71. The smallest absolute Gasteiger partial charge is 0.308 e. The van der Waals surface area contributed by atoms with Gasteiger partial charge in [-0.3, -0.25) is 4.79 Å². The van der Waals surface area contributed by atoms with E-state index in [4.69, 9.17) is 16.2 Å². The molecular formula is C13H26N2O2. The third-order valence-corrected chi connectivity index (χ3v) is 4.29. The van der Waals surface area contributed by atoms with Crippen molar-refractivity contribution in [2.75, 3.05) is 7.11 Å². The van der Waals surface area contributed by atoms with E-state index in [0.717, 1.165) is 19.3 Å². The fourth-order valence-corrected chi connectivity index (χ4v) is 3.09. The van der Waals surface area contributed by atoms with Crippen molar-refractivity contribution in [3.63, 3.8) is 0 Å². The Hall–Kier alpha value is -0.610. The number of hydrogen-bond acceptors (Lipinski definition) is 4. The van der Waals surface area contributed by atoms with Crippen LogP contribution in [0, 0.1) is 17.8 Å². The average molecular weight is 242 g/mol. The van der Waals surface area contributed by atoms with Gasteiger partial charge in [0.25, 0.3) is 0 Å². The summed E-state index contributed by atoms with van der Waals surface area (Å²) in [5.41, 5.74) is 12.4. The van der Waals surface area contributed by atoms with Crippen LogP contribution in [0.3, 0.4) is 0 Å². The molecule has 1 fully saturated rings. The maximum absolute atomic E-state index is 11.5. The molecular weight excluding hydrogens is 216 g/mol. The molecule has 1 aliphatic carbocycles. The largest absolute Gasteiger partial charge is 0.469 e. The van der Waals surface area contributed by atoms with Crippen molar-refractivity contribution in [1.29, 1.82) is 0 Å². The molecule has 0 radical (unpaired) electrons. The van der Waals surface area contributed by atoms with Gasteiger partial charge in [0.1, 0.15) is 0 Å². The second kappa shape index (κ2) is 6.36. The number of rotatable bonds is 5. The molecule has 17 heavy (non-hydrogen) atoms. The zero-order valence-corrected chi connectivity index (χ0v) is 11.2. The SMILES string of the molecule is CCC(CC)C(N)[C@@H]1C[C@@H](C(=O)OC)C[C@H]1N. The van der Waals surface area contributed by atoms with Crippen molar-refractivity contribution in [3.05, 3.63) is 0 Å². The molecule has 0 bridgehead atoms. The number of hydrogen-bond donors (Lipinski definition) is 2. The summed E-state index contributed by atoms with van der Waals surface area (Å²) in [6, 6.07) is 0.143. The van der Waals surface area contributed by atoms with Crippen LogP contribution in [0.15, 0.2) is 0 Å². The molecule has 1 rings (SSSR count). The van der Waals surface area contributed by atoms with E-state index in [1.807, 2.05) is 0 Å². The standard InChI is InChI=1S/C13H26N2O2/c1-4-8(5-2)12(15)10-6-9(7-11(10)14)13(16)17-3/h8-12H,4-7,14-15H2,1-3H3/t9-,10-,11-,12?/m1/s1. The van der Waals surface area contributed by atoms with Crippen LogP contribution in [-0.4, -0.2) is 25.2 Å². The summed E-state index contributed by atoms with van der Waals surface area (Å²) >= 11 is 0. The van der Waals surface area contributed by atoms with Gasteiger partial charge in [-0.05, 0) is 24.7 Å². The monoisotopic (exact) mass is 242 g/mol. The third kappa shape index (κ3) is 3.19. The van der Waals surface area contributed by atoms with Crippen molar-refractivity contribution in [1.82, 2.24) is 0 Å². The van der Waals surface area contributed by atoms with Crippen molar-refractivity contribution >= 4 is 5.97 Å². The second-order valence-electron chi connectivity index (χ2n) is 5.17. The number of carbonyl (C=O) groups excluding carboxylic acids is 1. The van der Waals surface area contributed by atoms with E-state index in [2.05, 4.69) is 13.8 Å². The molecule has 1 unspecified atom stereocenters. The van der Waals surface area contributed by atoms with Crippen LogP contribution in [0.25, 0.3) is 0 Å². The first kappa shape index (κ1) is 14.5. The van der Waals surface area contributed by atoms with E-state index in [1.165, 1.54) is 7.11 Å².